The van der Waals surface area contributed by atoms with E-state index in [9.17, 15) is 14.0 Å². The lowest BCUT2D eigenvalue weighted by Crippen LogP contribution is -2.37. The molecule has 2 saturated heterocycles. The molecule has 2 aliphatic heterocycles. The Morgan fingerprint density at radius 1 is 1.14 bits per heavy atom. The molecule has 0 aliphatic carbocycles. The largest absolute Gasteiger partial charge is 0.471 e. The van der Waals surface area contributed by atoms with Crippen molar-refractivity contribution < 1.29 is 18.7 Å². The van der Waals surface area contributed by atoms with Crippen molar-refractivity contribution in [1.29, 1.82) is 0 Å². The molecule has 146 valence electrons. The van der Waals surface area contributed by atoms with Crippen molar-refractivity contribution in [3.8, 4) is 5.88 Å². The Labute approximate surface area is 162 Å². The highest BCUT2D eigenvalue weighted by Crippen LogP contribution is 2.28. The SMILES string of the molecule is Cc1ccc(O[C@@H]2CCN(C(=O)[C@@H]3CC(=O)N(c4ccc(F)cc4)C3)C2)nn1. The first-order chi connectivity index (χ1) is 13.5. The summed E-state index contributed by atoms with van der Waals surface area (Å²) in [4.78, 5) is 28.5. The zero-order valence-electron chi connectivity index (χ0n) is 15.5. The molecule has 0 N–H and O–H groups in total. The Morgan fingerprint density at radius 2 is 1.93 bits per heavy atom. The molecule has 0 radical (unpaired) electrons. The van der Waals surface area contributed by atoms with Gasteiger partial charge in [0.25, 0.3) is 0 Å². The van der Waals surface area contributed by atoms with Gasteiger partial charge in [0.05, 0.1) is 18.2 Å². The summed E-state index contributed by atoms with van der Waals surface area (Å²) in [6.07, 6.45) is 0.747. The molecule has 0 unspecified atom stereocenters. The fourth-order valence-electron chi connectivity index (χ4n) is 3.65. The number of benzene rings is 1. The second-order valence-electron chi connectivity index (χ2n) is 7.21. The number of carbonyl (C=O) groups is 2. The van der Waals surface area contributed by atoms with Gasteiger partial charge in [0.1, 0.15) is 11.9 Å². The molecule has 3 heterocycles. The number of aromatic nitrogens is 2. The Bertz CT molecular complexity index is 872. The van der Waals surface area contributed by atoms with E-state index >= 15 is 0 Å². The Hall–Kier alpha value is -3.03. The molecular weight excluding hydrogens is 363 g/mol. The normalized spacial score (nSPS) is 22.0. The van der Waals surface area contributed by atoms with E-state index in [1.807, 2.05) is 13.0 Å². The van der Waals surface area contributed by atoms with Crippen molar-refractivity contribution >= 4 is 17.5 Å². The third-order valence-electron chi connectivity index (χ3n) is 5.13. The Balaban J connectivity index is 1.35. The van der Waals surface area contributed by atoms with Crippen LogP contribution in [-0.4, -0.2) is 52.6 Å². The molecule has 0 saturated carbocycles. The van der Waals surface area contributed by atoms with Crippen molar-refractivity contribution in [2.24, 2.45) is 5.92 Å². The number of carbonyl (C=O) groups excluding carboxylic acids is 2. The summed E-state index contributed by atoms with van der Waals surface area (Å²) in [5, 5.41) is 7.96. The summed E-state index contributed by atoms with van der Waals surface area (Å²) in [6, 6.07) is 9.34. The number of hydrogen-bond acceptors (Lipinski definition) is 5. The lowest BCUT2D eigenvalue weighted by molar-refractivity contribution is -0.135. The van der Waals surface area contributed by atoms with Crippen LogP contribution >= 0.6 is 0 Å². The number of halogens is 1. The number of hydrogen-bond donors (Lipinski definition) is 0. The van der Waals surface area contributed by atoms with Crippen molar-refractivity contribution in [2.45, 2.75) is 25.9 Å². The Kier molecular flexibility index (Phi) is 4.93. The van der Waals surface area contributed by atoms with E-state index in [0.717, 1.165) is 5.69 Å². The number of nitrogens with zero attached hydrogens (tertiary/aromatic N) is 4. The third kappa shape index (κ3) is 3.81. The van der Waals surface area contributed by atoms with Gasteiger partial charge in [-0.15, -0.1) is 5.10 Å². The molecule has 2 aromatic rings. The van der Waals surface area contributed by atoms with Gasteiger partial charge < -0.3 is 14.5 Å². The van der Waals surface area contributed by atoms with Crippen LogP contribution in [0.3, 0.4) is 0 Å². The van der Waals surface area contributed by atoms with Crippen molar-refractivity contribution in [1.82, 2.24) is 15.1 Å². The van der Waals surface area contributed by atoms with Crippen LogP contribution in [0.2, 0.25) is 0 Å². The highest BCUT2D eigenvalue weighted by atomic mass is 19.1. The summed E-state index contributed by atoms with van der Waals surface area (Å²) >= 11 is 0. The van der Waals surface area contributed by atoms with Gasteiger partial charge in [-0.1, -0.05) is 0 Å². The summed E-state index contributed by atoms with van der Waals surface area (Å²) in [5.41, 5.74) is 1.43. The average molecular weight is 384 g/mol. The zero-order chi connectivity index (χ0) is 19.7. The minimum atomic E-state index is -0.393. The van der Waals surface area contributed by atoms with E-state index in [0.29, 0.717) is 37.6 Å². The number of ether oxygens (including phenoxy) is 1. The van der Waals surface area contributed by atoms with Crippen LogP contribution in [-0.2, 0) is 9.59 Å². The van der Waals surface area contributed by atoms with Crippen molar-refractivity contribution in [3.63, 3.8) is 0 Å². The van der Waals surface area contributed by atoms with Crippen molar-refractivity contribution in [2.75, 3.05) is 24.5 Å². The van der Waals surface area contributed by atoms with Crippen LogP contribution in [0.5, 0.6) is 5.88 Å². The molecule has 4 rings (SSSR count). The van der Waals surface area contributed by atoms with E-state index in [1.54, 1.807) is 28.0 Å². The lowest BCUT2D eigenvalue weighted by Gasteiger charge is -2.21. The predicted octanol–water partition coefficient (Wildman–Crippen LogP) is 1.96. The number of likely N-dealkylation sites (tertiary alicyclic amines) is 1. The van der Waals surface area contributed by atoms with Gasteiger partial charge in [0.15, 0.2) is 0 Å². The summed E-state index contributed by atoms with van der Waals surface area (Å²) in [7, 11) is 0. The highest BCUT2D eigenvalue weighted by Gasteiger charge is 2.39. The predicted molar refractivity (Wildman–Crippen MR) is 99.2 cm³/mol. The second kappa shape index (κ2) is 7.53. The Morgan fingerprint density at radius 3 is 2.64 bits per heavy atom. The van der Waals surface area contributed by atoms with Gasteiger partial charge in [0.2, 0.25) is 17.7 Å². The molecule has 28 heavy (non-hydrogen) atoms. The number of rotatable bonds is 4. The first-order valence-corrected chi connectivity index (χ1v) is 9.31. The van der Waals surface area contributed by atoms with E-state index in [-0.39, 0.29) is 30.2 Å². The minimum absolute atomic E-state index is 0.0425. The molecule has 8 heteroatoms. The first-order valence-electron chi connectivity index (χ1n) is 9.31. The van der Waals surface area contributed by atoms with Gasteiger partial charge in [-0.25, -0.2) is 4.39 Å². The van der Waals surface area contributed by atoms with Crippen LogP contribution in [0.1, 0.15) is 18.5 Å². The molecule has 7 nitrogen and oxygen atoms in total. The minimum Gasteiger partial charge on any atom is -0.471 e. The third-order valence-corrected chi connectivity index (χ3v) is 5.13. The molecule has 0 spiro atoms. The standard InChI is InChI=1S/C20H21FN4O3/c1-13-2-7-18(23-22-13)28-17-8-9-24(12-17)20(27)14-10-19(26)25(11-14)16-5-3-15(21)4-6-16/h2-7,14,17H,8-12H2,1H3/t14-,17-/m1/s1. The molecular formula is C20H21FN4O3. The van der Waals surface area contributed by atoms with Gasteiger partial charge in [0, 0.05) is 37.7 Å². The van der Waals surface area contributed by atoms with Gasteiger partial charge in [-0.05, 0) is 37.3 Å². The molecule has 2 atom stereocenters. The maximum atomic E-state index is 13.1. The van der Waals surface area contributed by atoms with E-state index in [4.69, 9.17) is 4.74 Å². The molecule has 1 aromatic carbocycles. The smallest absolute Gasteiger partial charge is 0.233 e. The summed E-state index contributed by atoms with van der Waals surface area (Å²) in [5.74, 6) is -0.464. The van der Waals surface area contributed by atoms with Crippen LogP contribution in [0.25, 0.3) is 0 Å². The number of amides is 2. The van der Waals surface area contributed by atoms with E-state index < -0.39 is 5.92 Å². The number of aryl methyl sites for hydroxylation is 1. The average Bonchev–Trinajstić information content (AvgIpc) is 3.31. The first kappa shape index (κ1) is 18.3. The van der Waals surface area contributed by atoms with Crippen LogP contribution in [0.4, 0.5) is 10.1 Å². The van der Waals surface area contributed by atoms with E-state index in [1.165, 1.54) is 12.1 Å². The van der Waals surface area contributed by atoms with E-state index in [2.05, 4.69) is 10.2 Å². The zero-order valence-corrected chi connectivity index (χ0v) is 15.5. The maximum absolute atomic E-state index is 13.1. The summed E-state index contributed by atoms with van der Waals surface area (Å²) < 4.78 is 18.9. The highest BCUT2D eigenvalue weighted by molar-refractivity contribution is 6.00. The quantitative estimate of drug-likeness (QED) is 0.806. The van der Waals surface area contributed by atoms with Crippen molar-refractivity contribution in [3.05, 3.63) is 47.9 Å². The topological polar surface area (TPSA) is 75.6 Å². The van der Waals surface area contributed by atoms with Gasteiger partial charge in [-0.2, -0.15) is 5.10 Å². The molecule has 0 bridgehead atoms. The maximum Gasteiger partial charge on any atom is 0.233 e. The lowest BCUT2D eigenvalue weighted by atomic mass is 10.1. The monoisotopic (exact) mass is 384 g/mol. The van der Waals surface area contributed by atoms with Crippen LogP contribution in [0, 0.1) is 18.7 Å². The molecule has 2 amide bonds. The molecule has 1 aromatic heterocycles. The fraction of sp³-hybridized carbons (Fsp3) is 0.400. The molecule has 2 aliphatic rings. The van der Waals surface area contributed by atoms with Gasteiger partial charge in [-0.3, -0.25) is 9.59 Å². The van der Waals surface area contributed by atoms with Gasteiger partial charge >= 0.3 is 0 Å². The number of anilines is 1. The fourth-order valence-corrected chi connectivity index (χ4v) is 3.65. The second-order valence-corrected chi connectivity index (χ2v) is 7.21. The van der Waals surface area contributed by atoms with Crippen LogP contribution in [0.15, 0.2) is 36.4 Å². The summed E-state index contributed by atoms with van der Waals surface area (Å²) in [6.45, 7) is 3.22. The van der Waals surface area contributed by atoms with Crippen LogP contribution < -0.4 is 9.64 Å². The molecule has 2 fully saturated rings.